The molecule has 0 N–H and O–H groups in total. The Kier molecular flexibility index (Phi) is 5.79. The summed E-state index contributed by atoms with van der Waals surface area (Å²) in [7, 11) is 0. The molecule has 0 saturated heterocycles. The van der Waals surface area contributed by atoms with Crippen LogP contribution in [0.4, 0.5) is 0 Å². The first kappa shape index (κ1) is 17.9. The molecule has 2 aromatic carbocycles. The monoisotopic (exact) mass is 351 g/mol. The van der Waals surface area contributed by atoms with Crippen molar-refractivity contribution in [2.24, 2.45) is 0 Å². The number of unbranched alkanes of at least 4 members (excludes halogenated alkanes) is 3. The molecule has 0 aromatic heterocycles. The van der Waals surface area contributed by atoms with Crippen molar-refractivity contribution in [2.75, 3.05) is 13.2 Å². The molecule has 0 saturated carbocycles. The van der Waals surface area contributed by atoms with Crippen LogP contribution in [0.15, 0.2) is 54.6 Å². The van der Waals surface area contributed by atoms with Gasteiger partial charge < -0.3 is 4.74 Å². The molecule has 0 aliphatic carbocycles. The number of esters is 1. The number of amides is 2. The first-order valence-electron chi connectivity index (χ1n) is 8.86. The summed E-state index contributed by atoms with van der Waals surface area (Å²) < 4.78 is 5.23. The molecule has 134 valence electrons. The number of carbonyl (C=O) groups excluding carboxylic acids is 3. The van der Waals surface area contributed by atoms with E-state index in [-0.39, 0.29) is 17.8 Å². The third-order valence-corrected chi connectivity index (χ3v) is 4.40. The Labute approximate surface area is 152 Å². The van der Waals surface area contributed by atoms with Gasteiger partial charge in [-0.2, -0.15) is 0 Å². The van der Waals surface area contributed by atoms with Gasteiger partial charge in [-0.05, 0) is 43.5 Å². The second-order valence-electron chi connectivity index (χ2n) is 6.22. The zero-order chi connectivity index (χ0) is 18.4. The van der Waals surface area contributed by atoms with E-state index in [9.17, 15) is 14.4 Å². The first-order chi connectivity index (χ1) is 12.7. The highest BCUT2D eigenvalue weighted by molar-refractivity contribution is 6.21. The fourth-order valence-corrected chi connectivity index (χ4v) is 2.99. The quantitative estimate of drug-likeness (QED) is 0.413. The molecular weight excluding hydrogens is 330 g/mol. The van der Waals surface area contributed by atoms with Crippen molar-refractivity contribution in [3.63, 3.8) is 0 Å². The van der Waals surface area contributed by atoms with Gasteiger partial charge in [0.05, 0.1) is 23.3 Å². The minimum absolute atomic E-state index is 0.206. The van der Waals surface area contributed by atoms with Crippen LogP contribution in [0.5, 0.6) is 0 Å². The number of rotatable bonds is 8. The lowest BCUT2D eigenvalue weighted by Crippen LogP contribution is -2.30. The number of hydrogen-bond acceptors (Lipinski definition) is 4. The van der Waals surface area contributed by atoms with Crippen LogP contribution >= 0.6 is 0 Å². The fourth-order valence-electron chi connectivity index (χ4n) is 2.99. The van der Waals surface area contributed by atoms with Crippen LogP contribution in [0.25, 0.3) is 0 Å². The standard InChI is InChI=1S/C21H21NO4/c23-19-17-12-6-7-13-18(17)20(24)22(19)14-8-1-2-9-15-26-21(25)16-10-4-3-5-11-16/h3-7,10-13H,1-2,8-9,14-15H2. The number of nitrogens with zero attached hydrogens (tertiary/aromatic N) is 1. The number of benzene rings is 2. The summed E-state index contributed by atoms with van der Waals surface area (Å²) in [4.78, 5) is 37.6. The van der Waals surface area contributed by atoms with Gasteiger partial charge in [0.1, 0.15) is 0 Å². The molecule has 0 unspecified atom stereocenters. The second kappa shape index (κ2) is 8.43. The van der Waals surface area contributed by atoms with E-state index in [0.717, 1.165) is 25.7 Å². The number of fused-ring (bicyclic) bond motifs is 1. The lowest BCUT2D eigenvalue weighted by Gasteiger charge is -2.13. The van der Waals surface area contributed by atoms with E-state index in [4.69, 9.17) is 4.74 Å². The predicted octanol–water partition coefficient (Wildman–Crippen LogP) is 3.70. The van der Waals surface area contributed by atoms with Gasteiger partial charge in [0.15, 0.2) is 0 Å². The first-order valence-corrected chi connectivity index (χ1v) is 8.86. The van der Waals surface area contributed by atoms with Crippen LogP contribution in [0.3, 0.4) is 0 Å². The Morgan fingerprint density at radius 3 is 2.00 bits per heavy atom. The van der Waals surface area contributed by atoms with Gasteiger partial charge in [-0.15, -0.1) is 0 Å². The average Bonchev–Trinajstić information content (AvgIpc) is 2.92. The highest BCUT2D eigenvalue weighted by atomic mass is 16.5. The largest absolute Gasteiger partial charge is 0.462 e. The smallest absolute Gasteiger partial charge is 0.338 e. The van der Waals surface area contributed by atoms with E-state index in [2.05, 4.69) is 0 Å². The van der Waals surface area contributed by atoms with Crippen molar-refractivity contribution in [1.29, 1.82) is 0 Å². The van der Waals surface area contributed by atoms with E-state index in [1.54, 1.807) is 48.5 Å². The Morgan fingerprint density at radius 2 is 1.35 bits per heavy atom. The van der Waals surface area contributed by atoms with E-state index in [0.29, 0.717) is 29.8 Å². The van der Waals surface area contributed by atoms with E-state index >= 15 is 0 Å². The molecule has 0 spiro atoms. The zero-order valence-electron chi connectivity index (χ0n) is 14.5. The molecule has 0 fully saturated rings. The summed E-state index contributed by atoms with van der Waals surface area (Å²) in [5, 5.41) is 0. The van der Waals surface area contributed by atoms with Gasteiger partial charge in [0.2, 0.25) is 0 Å². The molecule has 5 heteroatoms. The molecule has 5 nitrogen and oxygen atoms in total. The summed E-state index contributed by atoms with van der Waals surface area (Å²) >= 11 is 0. The number of ether oxygens (including phenoxy) is 1. The van der Waals surface area contributed by atoms with Gasteiger partial charge in [-0.3, -0.25) is 14.5 Å². The number of hydrogen-bond donors (Lipinski definition) is 0. The molecule has 0 bridgehead atoms. The predicted molar refractivity (Wildman–Crippen MR) is 97.0 cm³/mol. The topological polar surface area (TPSA) is 63.7 Å². The highest BCUT2D eigenvalue weighted by Crippen LogP contribution is 2.22. The molecule has 0 radical (unpaired) electrons. The fraction of sp³-hybridized carbons (Fsp3) is 0.286. The molecule has 0 atom stereocenters. The summed E-state index contributed by atoms with van der Waals surface area (Å²) in [5.41, 5.74) is 1.54. The van der Waals surface area contributed by atoms with E-state index in [1.165, 1.54) is 4.90 Å². The highest BCUT2D eigenvalue weighted by Gasteiger charge is 2.34. The Bertz CT molecular complexity index is 766. The summed E-state index contributed by atoms with van der Waals surface area (Å²) in [6.07, 6.45) is 3.26. The van der Waals surface area contributed by atoms with Crippen molar-refractivity contribution < 1.29 is 19.1 Å². The summed E-state index contributed by atoms with van der Waals surface area (Å²) in [5.74, 6) is -0.721. The third kappa shape index (κ3) is 3.99. The van der Waals surface area contributed by atoms with Crippen molar-refractivity contribution >= 4 is 17.8 Å². The van der Waals surface area contributed by atoms with Crippen LogP contribution in [0.2, 0.25) is 0 Å². The maximum atomic E-state index is 12.2. The molecular formula is C21H21NO4. The lowest BCUT2D eigenvalue weighted by molar-refractivity contribution is 0.0495. The van der Waals surface area contributed by atoms with Crippen LogP contribution in [0.1, 0.15) is 56.8 Å². The normalized spacial score (nSPS) is 13.0. The van der Waals surface area contributed by atoms with Crippen LogP contribution in [-0.2, 0) is 4.74 Å². The van der Waals surface area contributed by atoms with E-state index in [1.807, 2.05) is 6.07 Å². The van der Waals surface area contributed by atoms with Gasteiger partial charge >= 0.3 is 5.97 Å². The average molecular weight is 351 g/mol. The minimum atomic E-state index is -0.309. The molecule has 3 rings (SSSR count). The van der Waals surface area contributed by atoms with Gasteiger partial charge in [0.25, 0.3) is 11.8 Å². The van der Waals surface area contributed by atoms with Crippen molar-refractivity contribution in [2.45, 2.75) is 25.7 Å². The van der Waals surface area contributed by atoms with Crippen LogP contribution in [-0.4, -0.2) is 35.8 Å². The van der Waals surface area contributed by atoms with Crippen molar-refractivity contribution in [3.05, 3.63) is 71.3 Å². The number of carbonyl (C=O) groups is 3. The van der Waals surface area contributed by atoms with Gasteiger partial charge in [-0.1, -0.05) is 36.8 Å². The molecule has 1 aliphatic rings. The molecule has 2 aromatic rings. The Hall–Kier alpha value is -2.95. The van der Waals surface area contributed by atoms with E-state index < -0.39 is 0 Å². The second-order valence-corrected chi connectivity index (χ2v) is 6.22. The Morgan fingerprint density at radius 1 is 0.769 bits per heavy atom. The molecule has 1 aliphatic heterocycles. The lowest BCUT2D eigenvalue weighted by atomic mass is 10.1. The maximum Gasteiger partial charge on any atom is 0.338 e. The summed E-state index contributed by atoms with van der Waals surface area (Å²) in [6, 6.07) is 15.8. The van der Waals surface area contributed by atoms with Crippen LogP contribution < -0.4 is 0 Å². The van der Waals surface area contributed by atoms with Crippen molar-refractivity contribution in [1.82, 2.24) is 4.90 Å². The van der Waals surface area contributed by atoms with Gasteiger partial charge in [-0.25, -0.2) is 4.79 Å². The number of imide groups is 1. The maximum absolute atomic E-state index is 12.2. The molecule has 2 amide bonds. The third-order valence-electron chi connectivity index (χ3n) is 4.40. The van der Waals surface area contributed by atoms with Crippen molar-refractivity contribution in [3.8, 4) is 0 Å². The minimum Gasteiger partial charge on any atom is -0.462 e. The molecule has 26 heavy (non-hydrogen) atoms. The molecule has 1 heterocycles. The Balaban J connectivity index is 1.32. The van der Waals surface area contributed by atoms with Gasteiger partial charge in [0, 0.05) is 6.54 Å². The summed E-state index contributed by atoms with van der Waals surface area (Å²) in [6.45, 7) is 0.802. The SMILES string of the molecule is O=C(OCCCCCCN1C(=O)c2ccccc2C1=O)c1ccccc1. The van der Waals surface area contributed by atoms with Crippen LogP contribution in [0, 0.1) is 0 Å². The zero-order valence-corrected chi connectivity index (χ0v) is 14.5.